The summed E-state index contributed by atoms with van der Waals surface area (Å²) in [5, 5.41) is 0. The van der Waals surface area contributed by atoms with Gasteiger partial charge in [0.25, 0.3) is 10.0 Å². The van der Waals surface area contributed by atoms with Crippen molar-refractivity contribution in [2.24, 2.45) is 0 Å². The molecule has 4 rings (SSSR count). The molecule has 0 saturated carbocycles. The van der Waals surface area contributed by atoms with E-state index in [2.05, 4.69) is 19.4 Å². The number of fused-ring (bicyclic) bond motifs is 1. The second kappa shape index (κ2) is 9.27. The topological polar surface area (TPSA) is 121 Å². The highest BCUT2D eigenvalue weighted by atomic mass is 32.2. The lowest BCUT2D eigenvalue weighted by atomic mass is 10.0. The highest BCUT2D eigenvalue weighted by Gasteiger charge is 2.14. The van der Waals surface area contributed by atoms with Crippen LogP contribution in [0.1, 0.15) is 11.4 Å². The van der Waals surface area contributed by atoms with Crippen molar-refractivity contribution in [1.29, 1.82) is 0 Å². The van der Waals surface area contributed by atoms with Crippen LogP contribution in [0.15, 0.2) is 66.7 Å². The number of imidazole rings is 1. The van der Waals surface area contributed by atoms with Crippen molar-refractivity contribution in [2.75, 3.05) is 21.7 Å². The Balaban J connectivity index is 1.58. The number of nitrogens with one attached hydrogen (secondary N) is 3. The van der Waals surface area contributed by atoms with Crippen LogP contribution in [0.2, 0.25) is 0 Å². The lowest BCUT2D eigenvalue weighted by Gasteiger charge is -2.11. The van der Waals surface area contributed by atoms with E-state index >= 15 is 0 Å². The van der Waals surface area contributed by atoms with Crippen LogP contribution in [-0.2, 0) is 20.0 Å². The summed E-state index contributed by atoms with van der Waals surface area (Å²) in [6, 6.07) is 17.6. The third-order valence-corrected chi connectivity index (χ3v) is 6.22. The molecule has 0 spiro atoms. The third-order valence-electron chi connectivity index (χ3n) is 4.79. The van der Waals surface area contributed by atoms with Gasteiger partial charge in [-0.3, -0.25) is 9.44 Å². The Morgan fingerprint density at radius 2 is 1.68 bits per heavy atom. The molecule has 3 N–H and O–H groups in total. The monoisotopic (exact) mass is 500 g/mol. The molecule has 1 heterocycles. The summed E-state index contributed by atoms with van der Waals surface area (Å²) < 4.78 is 63.5. The molecule has 0 fully saturated rings. The van der Waals surface area contributed by atoms with Crippen LogP contribution < -0.4 is 9.44 Å². The highest BCUT2D eigenvalue weighted by molar-refractivity contribution is 7.92. The fraction of sp³-hybridized carbons (Fsp3) is 0.0870. The minimum absolute atomic E-state index is 0.285. The Bertz CT molecular complexity index is 1580. The van der Waals surface area contributed by atoms with Gasteiger partial charge in [0.05, 0.1) is 23.0 Å². The predicted octanol–water partition coefficient (Wildman–Crippen LogP) is 4.44. The van der Waals surface area contributed by atoms with E-state index in [1.807, 2.05) is 24.3 Å². The minimum atomic E-state index is -4.07. The van der Waals surface area contributed by atoms with Crippen molar-refractivity contribution in [2.45, 2.75) is 0 Å². The summed E-state index contributed by atoms with van der Waals surface area (Å²) in [6.45, 7) is 0. The number of anilines is 2. The van der Waals surface area contributed by atoms with Gasteiger partial charge < -0.3 is 4.98 Å². The SMILES string of the molecule is CS(=O)(=O)Nc1ccc(/C=C/c2nc3ccc(-c4ccccc4NS(=O)(=O)CF)cc3[nH]2)cc1. The van der Waals surface area contributed by atoms with E-state index in [0.717, 1.165) is 28.4 Å². The van der Waals surface area contributed by atoms with Gasteiger partial charge in [0, 0.05) is 11.3 Å². The molecule has 1 aromatic heterocycles. The van der Waals surface area contributed by atoms with Crippen LogP contribution in [-0.4, -0.2) is 39.1 Å². The Kier molecular flexibility index (Phi) is 6.40. The van der Waals surface area contributed by atoms with Gasteiger partial charge in [-0.15, -0.1) is 0 Å². The molecule has 0 aliphatic rings. The zero-order valence-corrected chi connectivity index (χ0v) is 19.6. The summed E-state index contributed by atoms with van der Waals surface area (Å²) in [5.41, 5.74) is 4.42. The average Bonchev–Trinajstić information content (AvgIpc) is 3.20. The molecule has 0 aliphatic carbocycles. The third kappa shape index (κ3) is 5.80. The Morgan fingerprint density at radius 1 is 0.941 bits per heavy atom. The van der Waals surface area contributed by atoms with E-state index in [9.17, 15) is 21.2 Å². The fourth-order valence-electron chi connectivity index (χ4n) is 3.35. The molecule has 4 aromatic rings. The van der Waals surface area contributed by atoms with E-state index in [1.54, 1.807) is 54.6 Å². The molecule has 34 heavy (non-hydrogen) atoms. The second-order valence-corrected chi connectivity index (χ2v) is 11.0. The van der Waals surface area contributed by atoms with Crippen molar-refractivity contribution in [1.82, 2.24) is 9.97 Å². The van der Waals surface area contributed by atoms with Gasteiger partial charge in [-0.1, -0.05) is 42.5 Å². The van der Waals surface area contributed by atoms with Crippen molar-refractivity contribution >= 4 is 54.6 Å². The smallest absolute Gasteiger partial charge is 0.262 e. The molecule has 0 bridgehead atoms. The Labute approximate surface area is 196 Å². The standard InChI is InChI=1S/C23H21FN4O4S2/c1-33(29,30)27-18-10-6-16(7-11-18)8-13-23-25-21-12-9-17(14-22(21)26-23)19-4-2-3-5-20(19)28-34(31,32)15-24/h2-14,27-28H,15H2,1H3,(H,25,26)/b13-8+. The molecule has 8 nitrogen and oxygen atoms in total. The molecule has 0 unspecified atom stereocenters. The first-order valence-electron chi connectivity index (χ1n) is 10.0. The van der Waals surface area contributed by atoms with E-state index in [4.69, 9.17) is 0 Å². The molecular formula is C23H21FN4O4S2. The summed E-state index contributed by atoms with van der Waals surface area (Å²) >= 11 is 0. The lowest BCUT2D eigenvalue weighted by Crippen LogP contribution is -2.14. The zero-order chi connectivity index (χ0) is 24.3. The molecule has 0 atom stereocenters. The Hall–Kier alpha value is -3.70. The number of para-hydroxylation sites is 1. The summed E-state index contributed by atoms with van der Waals surface area (Å²) in [4.78, 5) is 7.74. The number of benzene rings is 3. The summed E-state index contributed by atoms with van der Waals surface area (Å²) in [5.74, 6) is 0.608. The maximum Gasteiger partial charge on any atom is 0.262 e. The van der Waals surface area contributed by atoms with Crippen molar-refractivity contribution in [3.8, 4) is 11.1 Å². The summed E-state index contributed by atoms with van der Waals surface area (Å²) in [7, 11) is -7.40. The molecule has 0 amide bonds. The van der Waals surface area contributed by atoms with Gasteiger partial charge in [0.1, 0.15) is 5.82 Å². The number of hydrogen-bond donors (Lipinski definition) is 3. The first kappa shape index (κ1) is 23.5. The zero-order valence-electron chi connectivity index (χ0n) is 18.0. The number of aromatic amines is 1. The van der Waals surface area contributed by atoms with Crippen molar-refractivity contribution in [3.63, 3.8) is 0 Å². The molecule has 176 valence electrons. The first-order chi connectivity index (χ1) is 16.1. The fourth-order valence-corrected chi connectivity index (χ4v) is 4.48. The summed E-state index contributed by atoms with van der Waals surface area (Å²) in [6.07, 6.45) is 4.72. The number of hydrogen-bond acceptors (Lipinski definition) is 5. The van der Waals surface area contributed by atoms with Gasteiger partial charge >= 0.3 is 0 Å². The number of H-pyrrole nitrogens is 1. The molecule has 0 aliphatic heterocycles. The number of sulfonamides is 2. The first-order valence-corrected chi connectivity index (χ1v) is 13.6. The number of halogens is 1. The van der Waals surface area contributed by atoms with Crippen molar-refractivity contribution in [3.05, 3.63) is 78.1 Å². The molecule has 0 radical (unpaired) electrons. The van der Waals surface area contributed by atoms with Crippen LogP contribution in [0.5, 0.6) is 0 Å². The van der Waals surface area contributed by atoms with E-state index in [1.165, 1.54) is 0 Å². The van der Waals surface area contributed by atoms with Gasteiger partial charge in [0.2, 0.25) is 16.0 Å². The Morgan fingerprint density at radius 3 is 2.38 bits per heavy atom. The number of alkyl halides is 1. The molecule has 11 heteroatoms. The maximum absolute atomic E-state index is 12.8. The second-order valence-electron chi connectivity index (χ2n) is 7.56. The van der Waals surface area contributed by atoms with Crippen LogP contribution in [0.25, 0.3) is 34.3 Å². The van der Waals surface area contributed by atoms with Crippen LogP contribution in [0.3, 0.4) is 0 Å². The van der Waals surface area contributed by atoms with E-state index in [0.29, 0.717) is 17.1 Å². The predicted molar refractivity (Wildman–Crippen MR) is 134 cm³/mol. The lowest BCUT2D eigenvalue weighted by molar-refractivity contribution is 0.538. The van der Waals surface area contributed by atoms with Crippen LogP contribution in [0.4, 0.5) is 15.8 Å². The minimum Gasteiger partial charge on any atom is -0.338 e. The van der Waals surface area contributed by atoms with Crippen LogP contribution >= 0.6 is 0 Å². The largest absolute Gasteiger partial charge is 0.338 e. The average molecular weight is 501 g/mol. The normalized spacial score (nSPS) is 12.3. The van der Waals surface area contributed by atoms with Gasteiger partial charge in [-0.2, -0.15) is 0 Å². The van der Waals surface area contributed by atoms with Crippen molar-refractivity contribution < 1.29 is 21.2 Å². The van der Waals surface area contributed by atoms with Crippen LogP contribution in [0, 0.1) is 0 Å². The quantitative estimate of drug-likeness (QED) is 0.330. The molecule has 3 aromatic carbocycles. The van der Waals surface area contributed by atoms with E-state index < -0.39 is 26.1 Å². The number of rotatable bonds is 8. The maximum atomic E-state index is 12.8. The molecular weight excluding hydrogens is 479 g/mol. The molecule has 0 saturated heterocycles. The highest BCUT2D eigenvalue weighted by Crippen LogP contribution is 2.30. The van der Waals surface area contributed by atoms with Gasteiger partial charge in [-0.05, 0) is 47.5 Å². The van der Waals surface area contributed by atoms with E-state index in [-0.39, 0.29) is 5.69 Å². The number of aromatic nitrogens is 2. The van der Waals surface area contributed by atoms with Gasteiger partial charge in [-0.25, -0.2) is 26.2 Å². The van der Waals surface area contributed by atoms with Gasteiger partial charge in [0.15, 0.2) is 0 Å². The number of nitrogens with zero attached hydrogens (tertiary/aromatic N) is 1.